The Morgan fingerprint density at radius 3 is 3.20 bits per heavy atom. The van der Waals surface area contributed by atoms with Crippen LogP contribution < -0.4 is 5.32 Å². The van der Waals surface area contributed by atoms with Gasteiger partial charge in [-0.25, -0.2) is 0 Å². The third kappa shape index (κ3) is 1.49. The average Bonchev–Trinajstić information content (AvgIpc) is 2.40. The molecule has 2 atom stereocenters. The summed E-state index contributed by atoms with van der Waals surface area (Å²) in [5.41, 5.74) is 4.31. The van der Waals surface area contributed by atoms with E-state index < -0.39 is 0 Å². The van der Waals surface area contributed by atoms with Crippen LogP contribution in [-0.2, 0) is 0 Å². The first-order chi connectivity index (χ1) is 7.25. The molecule has 2 heteroatoms. The van der Waals surface area contributed by atoms with Crippen LogP contribution in [0.1, 0.15) is 26.2 Å². The third-order valence-electron chi connectivity index (χ3n) is 3.76. The van der Waals surface area contributed by atoms with Crippen LogP contribution in [0.25, 0.3) is 0 Å². The Balaban J connectivity index is 2.07. The first kappa shape index (κ1) is 9.68. The second-order valence-electron chi connectivity index (χ2n) is 4.84. The first-order valence-electron chi connectivity index (χ1n) is 5.80. The van der Waals surface area contributed by atoms with Crippen LogP contribution in [0.2, 0.25) is 0 Å². The van der Waals surface area contributed by atoms with Gasteiger partial charge in [0.2, 0.25) is 0 Å². The van der Waals surface area contributed by atoms with Crippen molar-refractivity contribution in [3.05, 3.63) is 33.9 Å². The fourth-order valence-electron chi connectivity index (χ4n) is 3.04. The Labute approximate surface area is 95.9 Å². The second-order valence-corrected chi connectivity index (χ2v) is 5.24. The molecule has 0 amide bonds. The molecule has 15 heavy (non-hydrogen) atoms. The number of allylic oxidation sites excluding steroid dienone is 4. The second kappa shape index (κ2) is 3.50. The van der Waals surface area contributed by atoms with E-state index >= 15 is 0 Å². The van der Waals surface area contributed by atoms with E-state index in [0.29, 0.717) is 6.04 Å². The van der Waals surface area contributed by atoms with Crippen molar-refractivity contribution in [2.45, 2.75) is 32.2 Å². The topological polar surface area (TPSA) is 12.0 Å². The molecule has 80 valence electrons. The third-order valence-corrected chi connectivity index (χ3v) is 4.10. The minimum atomic E-state index is 0.615. The van der Waals surface area contributed by atoms with Gasteiger partial charge in [-0.2, -0.15) is 0 Å². The Hall–Kier alpha value is -0.530. The van der Waals surface area contributed by atoms with Crippen LogP contribution >= 0.6 is 11.6 Å². The van der Waals surface area contributed by atoms with Gasteiger partial charge in [0, 0.05) is 17.6 Å². The lowest BCUT2D eigenvalue weighted by atomic mass is 9.81. The normalized spacial score (nSPS) is 34.5. The van der Waals surface area contributed by atoms with Crippen LogP contribution in [0.4, 0.5) is 0 Å². The zero-order valence-corrected chi connectivity index (χ0v) is 9.77. The zero-order chi connectivity index (χ0) is 10.4. The number of halogens is 1. The highest BCUT2D eigenvalue weighted by atomic mass is 35.5. The molecule has 0 aromatic heterocycles. The minimum Gasteiger partial charge on any atom is -0.310 e. The van der Waals surface area contributed by atoms with Gasteiger partial charge in [-0.15, -0.1) is 0 Å². The van der Waals surface area contributed by atoms with Gasteiger partial charge in [-0.3, -0.25) is 0 Å². The number of rotatable bonds is 0. The van der Waals surface area contributed by atoms with Crippen molar-refractivity contribution in [3.8, 4) is 0 Å². The lowest BCUT2D eigenvalue weighted by molar-refractivity contribution is 0.443. The highest BCUT2D eigenvalue weighted by molar-refractivity contribution is 6.33. The van der Waals surface area contributed by atoms with Crippen molar-refractivity contribution in [1.29, 1.82) is 0 Å². The van der Waals surface area contributed by atoms with E-state index in [1.54, 1.807) is 5.57 Å². The van der Waals surface area contributed by atoms with Crippen LogP contribution in [0.15, 0.2) is 33.9 Å². The van der Waals surface area contributed by atoms with Gasteiger partial charge in [0.1, 0.15) is 0 Å². The molecule has 3 rings (SSSR count). The number of nitrogens with one attached hydrogen (secondary N) is 1. The van der Waals surface area contributed by atoms with E-state index in [2.05, 4.69) is 24.4 Å². The summed E-state index contributed by atoms with van der Waals surface area (Å²) in [6.07, 6.45) is 8.26. The molecule has 0 saturated carbocycles. The molecule has 1 N–H and O–H groups in total. The molecule has 0 aromatic carbocycles. The summed E-state index contributed by atoms with van der Waals surface area (Å²) >= 11 is 6.29. The summed E-state index contributed by atoms with van der Waals surface area (Å²) in [5.74, 6) is 0.734. The van der Waals surface area contributed by atoms with E-state index in [1.807, 2.05) is 0 Å². The van der Waals surface area contributed by atoms with Crippen molar-refractivity contribution >= 4 is 11.6 Å². The van der Waals surface area contributed by atoms with Gasteiger partial charge >= 0.3 is 0 Å². The molecule has 2 aliphatic carbocycles. The van der Waals surface area contributed by atoms with Crippen molar-refractivity contribution in [2.75, 3.05) is 6.54 Å². The highest BCUT2D eigenvalue weighted by Crippen LogP contribution is 2.44. The maximum atomic E-state index is 6.29. The highest BCUT2D eigenvalue weighted by Gasteiger charge is 2.32. The Kier molecular flexibility index (Phi) is 2.26. The summed E-state index contributed by atoms with van der Waals surface area (Å²) in [4.78, 5) is 0. The molecule has 0 spiro atoms. The quantitative estimate of drug-likeness (QED) is 0.663. The van der Waals surface area contributed by atoms with Gasteiger partial charge in [-0.05, 0) is 54.9 Å². The van der Waals surface area contributed by atoms with E-state index in [9.17, 15) is 0 Å². The van der Waals surface area contributed by atoms with Crippen molar-refractivity contribution in [3.63, 3.8) is 0 Å². The standard InChI is InChI=1S/C13H16ClN/c1-8-5-9-3-2-4-10-6-12(14)11(7-15-8)13(9)10/h4,6,8-9,15H,2-3,5,7H2,1H3. The maximum absolute atomic E-state index is 6.29. The van der Waals surface area contributed by atoms with Crippen molar-refractivity contribution < 1.29 is 0 Å². The molecule has 3 aliphatic rings. The first-order valence-corrected chi connectivity index (χ1v) is 6.18. The molecule has 1 nitrogen and oxygen atoms in total. The van der Waals surface area contributed by atoms with E-state index in [4.69, 9.17) is 11.6 Å². The Morgan fingerprint density at radius 1 is 1.47 bits per heavy atom. The molecule has 0 bridgehead atoms. The Morgan fingerprint density at radius 2 is 2.33 bits per heavy atom. The number of hydrogen-bond acceptors (Lipinski definition) is 1. The summed E-state index contributed by atoms with van der Waals surface area (Å²) in [6, 6.07) is 0.615. The van der Waals surface area contributed by atoms with E-state index in [0.717, 1.165) is 17.5 Å². The largest absolute Gasteiger partial charge is 0.310 e. The predicted molar refractivity (Wildman–Crippen MR) is 63.9 cm³/mol. The molecule has 2 unspecified atom stereocenters. The molecule has 0 aromatic rings. The van der Waals surface area contributed by atoms with Crippen LogP contribution in [0.3, 0.4) is 0 Å². The fourth-order valence-corrected chi connectivity index (χ4v) is 3.33. The SMILES string of the molecule is CC1CC2CCC=C3C=C(Cl)C(=C32)CN1. The molecule has 0 saturated heterocycles. The summed E-state index contributed by atoms with van der Waals surface area (Å²) in [5, 5.41) is 4.51. The van der Waals surface area contributed by atoms with Gasteiger partial charge in [0.05, 0.1) is 0 Å². The van der Waals surface area contributed by atoms with Crippen molar-refractivity contribution in [2.24, 2.45) is 5.92 Å². The molecule has 1 aliphatic heterocycles. The van der Waals surface area contributed by atoms with Crippen molar-refractivity contribution in [1.82, 2.24) is 5.32 Å². The molecule has 1 heterocycles. The summed E-state index contributed by atoms with van der Waals surface area (Å²) < 4.78 is 0. The molecule has 0 radical (unpaired) electrons. The zero-order valence-electron chi connectivity index (χ0n) is 9.02. The molecule has 0 fully saturated rings. The maximum Gasteiger partial charge on any atom is 0.0459 e. The molecular formula is C13H16ClN. The van der Waals surface area contributed by atoms with Gasteiger partial charge < -0.3 is 5.32 Å². The average molecular weight is 222 g/mol. The number of hydrogen-bond donors (Lipinski definition) is 1. The van der Waals surface area contributed by atoms with Gasteiger partial charge in [0.15, 0.2) is 0 Å². The van der Waals surface area contributed by atoms with Gasteiger partial charge in [-0.1, -0.05) is 17.7 Å². The molecular weight excluding hydrogens is 206 g/mol. The van der Waals surface area contributed by atoms with Crippen LogP contribution in [0, 0.1) is 5.92 Å². The van der Waals surface area contributed by atoms with Gasteiger partial charge in [0.25, 0.3) is 0 Å². The van der Waals surface area contributed by atoms with Crippen LogP contribution in [0.5, 0.6) is 0 Å². The van der Waals surface area contributed by atoms with E-state index in [-0.39, 0.29) is 0 Å². The lowest BCUT2D eigenvalue weighted by Gasteiger charge is -2.24. The lowest BCUT2D eigenvalue weighted by Crippen LogP contribution is -2.27. The Bertz CT molecular complexity index is 389. The smallest absolute Gasteiger partial charge is 0.0459 e. The predicted octanol–water partition coefficient (Wildman–Crippen LogP) is 3.14. The summed E-state index contributed by atoms with van der Waals surface area (Å²) in [6.45, 7) is 3.22. The minimum absolute atomic E-state index is 0.615. The van der Waals surface area contributed by atoms with Crippen LogP contribution in [-0.4, -0.2) is 12.6 Å². The fraction of sp³-hybridized carbons (Fsp3) is 0.538. The van der Waals surface area contributed by atoms with E-state index in [1.165, 1.54) is 30.4 Å². The monoisotopic (exact) mass is 221 g/mol. The summed E-state index contributed by atoms with van der Waals surface area (Å²) in [7, 11) is 0.